The molecule has 0 spiro atoms. The first-order valence-corrected chi connectivity index (χ1v) is 7.67. The maximum absolute atomic E-state index is 4.02. The number of fused-ring (bicyclic) bond motifs is 1. The summed E-state index contributed by atoms with van der Waals surface area (Å²) in [6.45, 7) is 2.22. The van der Waals surface area contributed by atoms with E-state index in [9.17, 15) is 0 Å². The van der Waals surface area contributed by atoms with Crippen LogP contribution in [0.2, 0.25) is 0 Å². The monoisotopic (exact) mass is 241 g/mol. The third-order valence-electron chi connectivity index (χ3n) is 5.03. The van der Waals surface area contributed by atoms with Gasteiger partial charge in [-0.2, -0.15) is 0 Å². The minimum Gasteiger partial charge on any atom is -0.307 e. The van der Waals surface area contributed by atoms with E-state index < -0.39 is 0 Å². The van der Waals surface area contributed by atoms with Gasteiger partial charge in [-0.25, -0.2) is 0 Å². The highest BCUT2D eigenvalue weighted by atomic mass is 15.0. The van der Waals surface area contributed by atoms with Crippen LogP contribution < -0.4 is 5.32 Å². The fourth-order valence-electron chi connectivity index (χ4n) is 3.69. The van der Waals surface area contributed by atoms with E-state index in [1.165, 1.54) is 44.1 Å². The number of hydrogen-bond donors (Lipinski definition) is 1. The molecule has 1 aromatic rings. The molecule has 1 heteroatoms. The summed E-state index contributed by atoms with van der Waals surface area (Å²) in [5.74, 6) is 2.01. The van der Waals surface area contributed by atoms with Crippen LogP contribution in [0.15, 0.2) is 18.2 Å². The summed E-state index contributed by atoms with van der Waals surface area (Å²) in [7, 11) is 0. The Morgan fingerprint density at radius 2 is 1.78 bits per heavy atom. The van der Waals surface area contributed by atoms with Crippen LogP contribution in [0.1, 0.15) is 54.8 Å². The Bertz CT molecular complexity index is 445. The van der Waals surface area contributed by atoms with E-state index in [1.54, 1.807) is 11.1 Å². The first-order chi connectivity index (χ1) is 8.81. The molecule has 1 unspecified atom stereocenters. The Balaban J connectivity index is 1.54. The molecule has 3 aliphatic carbocycles. The molecule has 0 bridgehead atoms. The lowest BCUT2D eigenvalue weighted by molar-refractivity contribution is 0.364. The van der Waals surface area contributed by atoms with Crippen LogP contribution in [0.3, 0.4) is 0 Å². The topological polar surface area (TPSA) is 12.0 Å². The van der Waals surface area contributed by atoms with Gasteiger partial charge < -0.3 is 5.32 Å². The largest absolute Gasteiger partial charge is 0.307 e. The second-order valence-electron chi connectivity index (χ2n) is 6.66. The van der Waals surface area contributed by atoms with Crippen molar-refractivity contribution in [2.24, 2.45) is 11.8 Å². The Hall–Kier alpha value is -0.820. The highest BCUT2D eigenvalue weighted by molar-refractivity contribution is 5.37. The van der Waals surface area contributed by atoms with Gasteiger partial charge in [0.05, 0.1) is 0 Å². The first kappa shape index (κ1) is 11.0. The molecule has 2 saturated carbocycles. The van der Waals surface area contributed by atoms with Crippen LogP contribution in [0.5, 0.6) is 0 Å². The maximum Gasteiger partial charge on any atom is 0.0328 e. The molecule has 1 atom stereocenters. The fraction of sp³-hybridized carbons (Fsp3) is 0.647. The van der Waals surface area contributed by atoms with Gasteiger partial charge in [-0.15, -0.1) is 0 Å². The molecule has 4 rings (SSSR count). The smallest absolute Gasteiger partial charge is 0.0328 e. The van der Waals surface area contributed by atoms with Gasteiger partial charge in [-0.1, -0.05) is 23.8 Å². The van der Waals surface area contributed by atoms with Crippen LogP contribution in [-0.2, 0) is 6.42 Å². The van der Waals surface area contributed by atoms with Crippen molar-refractivity contribution in [2.75, 3.05) is 0 Å². The molecule has 3 aliphatic rings. The second-order valence-corrected chi connectivity index (χ2v) is 6.66. The molecule has 18 heavy (non-hydrogen) atoms. The van der Waals surface area contributed by atoms with Crippen molar-refractivity contribution in [3.8, 4) is 0 Å². The molecule has 96 valence electrons. The van der Waals surface area contributed by atoms with Crippen molar-refractivity contribution in [3.05, 3.63) is 34.9 Å². The van der Waals surface area contributed by atoms with Crippen LogP contribution in [0.4, 0.5) is 0 Å². The van der Waals surface area contributed by atoms with E-state index in [1.807, 2.05) is 0 Å². The predicted molar refractivity (Wildman–Crippen MR) is 74.6 cm³/mol. The minimum absolute atomic E-state index is 0.645. The van der Waals surface area contributed by atoms with Gasteiger partial charge in [-0.3, -0.25) is 0 Å². The van der Waals surface area contributed by atoms with Crippen molar-refractivity contribution in [3.63, 3.8) is 0 Å². The molecule has 0 aromatic heterocycles. The van der Waals surface area contributed by atoms with E-state index in [0.717, 1.165) is 17.9 Å². The Morgan fingerprint density at radius 3 is 2.44 bits per heavy atom. The van der Waals surface area contributed by atoms with Gasteiger partial charge >= 0.3 is 0 Å². The molecule has 1 N–H and O–H groups in total. The summed E-state index contributed by atoms with van der Waals surface area (Å²) >= 11 is 0. The molecule has 0 heterocycles. The standard InChI is InChI=1S/C17H23N/c1-11-2-3-12-8-9-16(15(12)10-11)18-17(13-4-5-13)14-6-7-14/h2-3,10,13-14,16-18H,4-9H2,1H3. The van der Waals surface area contributed by atoms with Gasteiger partial charge in [0.1, 0.15) is 0 Å². The van der Waals surface area contributed by atoms with Gasteiger partial charge in [0, 0.05) is 12.1 Å². The zero-order valence-electron chi connectivity index (χ0n) is 11.3. The average molecular weight is 241 g/mol. The van der Waals surface area contributed by atoms with Gasteiger partial charge in [0.25, 0.3) is 0 Å². The molecular weight excluding hydrogens is 218 g/mol. The number of hydrogen-bond acceptors (Lipinski definition) is 1. The average Bonchev–Trinajstić information content (AvgIpc) is 3.25. The quantitative estimate of drug-likeness (QED) is 0.846. The second kappa shape index (κ2) is 4.09. The number of rotatable bonds is 4. The summed E-state index contributed by atoms with van der Waals surface area (Å²) in [6, 6.07) is 8.50. The maximum atomic E-state index is 4.02. The SMILES string of the molecule is Cc1ccc2c(c1)C(NC(C1CC1)C1CC1)CC2. The van der Waals surface area contributed by atoms with Crippen LogP contribution in [0.25, 0.3) is 0 Å². The highest BCUT2D eigenvalue weighted by Gasteiger charge is 2.42. The Morgan fingerprint density at radius 1 is 1.06 bits per heavy atom. The van der Waals surface area contributed by atoms with E-state index in [-0.39, 0.29) is 0 Å². The van der Waals surface area contributed by atoms with Gasteiger partial charge in [0.15, 0.2) is 0 Å². The summed E-state index contributed by atoms with van der Waals surface area (Å²) in [6.07, 6.45) is 8.48. The lowest BCUT2D eigenvalue weighted by atomic mass is 10.0. The van der Waals surface area contributed by atoms with E-state index >= 15 is 0 Å². The van der Waals surface area contributed by atoms with Crippen molar-refractivity contribution < 1.29 is 0 Å². The number of aryl methyl sites for hydroxylation is 2. The normalized spacial score (nSPS) is 26.7. The van der Waals surface area contributed by atoms with Gasteiger partial charge in [0.2, 0.25) is 0 Å². The molecule has 0 aliphatic heterocycles. The van der Waals surface area contributed by atoms with Crippen molar-refractivity contribution in [1.29, 1.82) is 0 Å². The molecule has 1 aromatic carbocycles. The highest BCUT2D eigenvalue weighted by Crippen LogP contribution is 2.46. The molecule has 0 radical (unpaired) electrons. The summed E-state index contributed by atoms with van der Waals surface area (Å²) in [5, 5.41) is 4.02. The lowest BCUT2D eigenvalue weighted by Crippen LogP contribution is -2.35. The van der Waals surface area contributed by atoms with E-state index in [0.29, 0.717) is 6.04 Å². The summed E-state index contributed by atoms with van der Waals surface area (Å²) in [5.41, 5.74) is 4.60. The molecule has 1 nitrogen and oxygen atoms in total. The third-order valence-corrected chi connectivity index (χ3v) is 5.03. The molecule has 2 fully saturated rings. The van der Waals surface area contributed by atoms with E-state index in [2.05, 4.69) is 30.4 Å². The minimum atomic E-state index is 0.645. The summed E-state index contributed by atoms with van der Waals surface area (Å²) < 4.78 is 0. The van der Waals surface area contributed by atoms with Crippen LogP contribution in [0, 0.1) is 18.8 Å². The molecule has 0 saturated heterocycles. The van der Waals surface area contributed by atoms with Crippen LogP contribution >= 0.6 is 0 Å². The van der Waals surface area contributed by atoms with Gasteiger partial charge in [-0.05, 0) is 68.4 Å². The fourth-order valence-corrected chi connectivity index (χ4v) is 3.69. The zero-order chi connectivity index (χ0) is 12.1. The van der Waals surface area contributed by atoms with E-state index in [4.69, 9.17) is 0 Å². The van der Waals surface area contributed by atoms with Crippen molar-refractivity contribution in [1.82, 2.24) is 5.32 Å². The van der Waals surface area contributed by atoms with Crippen molar-refractivity contribution in [2.45, 2.75) is 57.5 Å². The number of nitrogens with one attached hydrogen (secondary N) is 1. The molecular formula is C17H23N. The zero-order valence-corrected chi connectivity index (χ0v) is 11.3. The molecule has 0 amide bonds. The third kappa shape index (κ3) is 1.99. The predicted octanol–water partition coefficient (Wildman–Crippen LogP) is 3.76. The Kier molecular flexibility index (Phi) is 2.51. The first-order valence-electron chi connectivity index (χ1n) is 7.67. The van der Waals surface area contributed by atoms with Crippen LogP contribution in [-0.4, -0.2) is 6.04 Å². The number of benzene rings is 1. The lowest BCUT2D eigenvalue weighted by Gasteiger charge is -2.23. The Labute approximate surface area is 110 Å². The summed E-state index contributed by atoms with van der Waals surface area (Å²) in [4.78, 5) is 0. The van der Waals surface area contributed by atoms with Crippen molar-refractivity contribution >= 4 is 0 Å².